The number of carboxylic acids is 1. The van der Waals surface area contributed by atoms with E-state index in [-0.39, 0.29) is 36.8 Å². The fraction of sp³-hybridized carbons (Fsp3) is 0.464. The van der Waals surface area contributed by atoms with Gasteiger partial charge in [-0.05, 0) is 47.9 Å². The maximum Gasteiger partial charge on any atom is 0.407 e. The van der Waals surface area contributed by atoms with Crippen LogP contribution < -0.4 is 10.6 Å². The van der Waals surface area contributed by atoms with E-state index in [2.05, 4.69) is 34.9 Å². The molecule has 2 aromatic carbocycles. The monoisotopic (exact) mass is 480 g/mol. The van der Waals surface area contributed by atoms with E-state index in [9.17, 15) is 19.5 Å². The molecule has 2 amide bonds. The Kier molecular flexibility index (Phi) is 7.88. The molecule has 3 rings (SSSR count). The molecule has 1 aliphatic rings. The van der Waals surface area contributed by atoms with Crippen molar-refractivity contribution in [2.45, 2.75) is 59.4 Å². The first kappa shape index (κ1) is 26.3. The molecule has 0 radical (unpaired) electrons. The largest absolute Gasteiger partial charge is 0.481 e. The average molecular weight is 481 g/mol. The predicted molar refractivity (Wildman–Crippen MR) is 135 cm³/mol. The lowest BCUT2D eigenvalue weighted by atomic mass is 9.85. The molecule has 0 aromatic heterocycles. The normalized spacial score (nSPS) is 14.0. The van der Waals surface area contributed by atoms with E-state index in [1.807, 2.05) is 45.0 Å². The molecule has 0 spiro atoms. The summed E-state index contributed by atoms with van der Waals surface area (Å²) < 4.78 is 5.55. The molecule has 1 atom stereocenters. The molecule has 7 nitrogen and oxygen atoms in total. The van der Waals surface area contributed by atoms with Gasteiger partial charge in [-0.25, -0.2) is 4.79 Å². The number of alkyl carbamates (subject to hydrolysis) is 1. The Bertz CT molecular complexity index is 1040. The topological polar surface area (TPSA) is 105 Å². The van der Waals surface area contributed by atoms with Gasteiger partial charge < -0.3 is 20.5 Å². The highest BCUT2D eigenvalue weighted by atomic mass is 16.5. The molecule has 2 aromatic rings. The van der Waals surface area contributed by atoms with Gasteiger partial charge in [0.2, 0.25) is 5.91 Å². The van der Waals surface area contributed by atoms with E-state index >= 15 is 0 Å². The van der Waals surface area contributed by atoms with Gasteiger partial charge in [0.15, 0.2) is 0 Å². The number of carboxylic acid groups (broad SMARTS) is 1. The van der Waals surface area contributed by atoms with E-state index in [0.717, 1.165) is 22.3 Å². The van der Waals surface area contributed by atoms with Gasteiger partial charge >= 0.3 is 12.1 Å². The number of nitrogens with one attached hydrogen (secondary N) is 2. The summed E-state index contributed by atoms with van der Waals surface area (Å²) in [6.07, 6.45) is -0.218. The number of carbonyl (C=O) groups excluding carboxylic acids is 2. The lowest BCUT2D eigenvalue weighted by Gasteiger charge is -2.30. The van der Waals surface area contributed by atoms with Gasteiger partial charge in [-0.1, -0.05) is 69.3 Å². The van der Waals surface area contributed by atoms with Gasteiger partial charge in [-0.3, -0.25) is 9.59 Å². The smallest absolute Gasteiger partial charge is 0.407 e. The van der Waals surface area contributed by atoms with Crippen LogP contribution in [0, 0.1) is 10.8 Å². The first-order valence-electron chi connectivity index (χ1n) is 12.0. The summed E-state index contributed by atoms with van der Waals surface area (Å²) in [4.78, 5) is 36.7. The van der Waals surface area contributed by atoms with E-state index in [1.165, 1.54) is 0 Å². The van der Waals surface area contributed by atoms with Crippen molar-refractivity contribution in [3.63, 3.8) is 0 Å². The second kappa shape index (κ2) is 10.5. The quantitative estimate of drug-likeness (QED) is 0.471. The SMILES string of the molecule is CC(C)(C)CC(CC(=O)O)NC(=O)C(C)(C)CNC(=O)OCC1c2ccccc2-c2ccccc21. The molecule has 7 heteroatoms. The third kappa shape index (κ3) is 6.84. The predicted octanol–water partition coefficient (Wildman–Crippen LogP) is 4.95. The van der Waals surface area contributed by atoms with Crippen LogP contribution in [0.2, 0.25) is 0 Å². The fourth-order valence-electron chi connectivity index (χ4n) is 4.53. The van der Waals surface area contributed by atoms with Gasteiger partial charge in [-0.2, -0.15) is 0 Å². The number of rotatable bonds is 9. The van der Waals surface area contributed by atoms with Gasteiger partial charge in [0.1, 0.15) is 6.61 Å². The highest BCUT2D eigenvalue weighted by Crippen LogP contribution is 2.44. The van der Waals surface area contributed by atoms with Crippen LogP contribution in [0.15, 0.2) is 48.5 Å². The number of ether oxygens (including phenoxy) is 1. The van der Waals surface area contributed by atoms with Gasteiger partial charge in [0.05, 0.1) is 11.8 Å². The van der Waals surface area contributed by atoms with Crippen molar-refractivity contribution in [1.29, 1.82) is 0 Å². The summed E-state index contributed by atoms with van der Waals surface area (Å²) in [7, 11) is 0. The minimum absolute atomic E-state index is 0.0429. The van der Waals surface area contributed by atoms with Gasteiger partial charge in [0, 0.05) is 18.5 Å². The van der Waals surface area contributed by atoms with Crippen LogP contribution in [0.25, 0.3) is 11.1 Å². The van der Waals surface area contributed by atoms with Crippen LogP contribution >= 0.6 is 0 Å². The van der Waals surface area contributed by atoms with Crippen LogP contribution in [0.5, 0.6) is 0 Å². The molecule has 3 N–H and O–H groups in total. The van der Waals surface area contributed by atoms with E-state index in [0.29, 0.717) is 6.42 Å². The third-order valence-electron chi connectivity index (χ3n) is 6.25. The second-order valence-corrected chi connectivity index (χ2v) is 11.1. The molecule has 0 heterocycles. The van der Waals surface area contributed by atoms with Crippen molar-refractivity contribution in [3.05, 3.63) is 59.7 Å². The first-order chi connectivity index (χ1) is 16.4. The van der Waals surface area contributed by atoms with Crippen molar-refractivity contribution >= 4 is 18.0 Å². The lowest BCUT2D eigenvalue weighted by Crippen LogP contribution is -2.49. The Morgan fingerprint density at radius 2 is 1.49 bits per heavy atom. The third-order valence-corrected chi connectivity index (χ3v) is 6.25. The van der Waals surface area contributed by atoms with Crippen molar-refractivity contribution in [2.24, 2.45) is 10.8 Å². The molecule has 1 aliphatic carbocycles. The summed E-state index contributed by atoms with van der Waals surface area (Å²) in [6.45, 7) is 9.67. The number of aliphatic carboxylic acids is 1. The lowest BCUT2D eigenvalue weighted by molar-refractivity contribution is -0.138. The van der Waals surface area contributed by atoms with Gasteiger partial charge in [0.25, 0.3) is 0 Å². The molecule has 0 fully saturated rings. The zero-order chi connectivity index (χ0) is 25.8. The summed E-state index contributed by atoms with van der Waals surface area (Å²) in [5.41, 5.74) is 3.48. The molecule has 0 saturated carbocycles. The average Bonchev–Trinajstić information content (AvgIpc) is 3.08. The number of fused-ring (bicyclic) bond motifs is 3. The summed E-state index contributed by atoms with van der Waals surface area (Å²) in [5, 5.41) is 14.8. The Labute approximate surface area is 207 Å². The highest BCUT2D eigenvalue weighted by Gasteiger charge is 2.33. The Morgan fingerprint density at radius 1 is 0.943 bits per heavy atom. The number of benzene rings is 2. The maximum absolute atomic E-state index is 12.9. The molecule has 0 bridgehead atoms. The van der Waals surface area contributed by atoms with Crippen LogP contribution in [0.4, 0.5) is 4.79 Å². The van der Waals surface area contributed by atoms with E-state index in [1.54, 1.807) is 13.8 Å². The van der Waals surface area contributed by atoms with Crippen molar-refractivity contribution in [2.75, 3.05) is 13.2 Å². The Morgan fingerprint density at radius 3 is 2.00 bits per heavy atom. The Balaban J connectivity index is 1.56. The second-order valence-electron chi connectivity index (χ2n) is 11.1. The molecule has 0 aliphatic heterocycles. The zero-order valence-electron chi connectivity index (χ0n) is 21.2. The zero-order valence-corrected chi connectivity index (χ0v) is 21.2. The maximum atomic E-state index is 12.9. The minimum Gasteiger partial charge on any atom is -0.481 e. The summed E-state index contributed by atoms with van der Waals surface area (Å²) in [6, 6.07) is 15.7. The molecule has 188 valence electrons. The number of carbonyl (C=O) groups is 3. The molecular weight excluding hydrogens is 444 g/mol. The molecule has 0 saturated heterocycles. The molecule has 1 unspecified atom stereocenters. The van der Waals surface area contributed by atoms with Crippen LogP contribution in [0.3, 0.4) is 0 Å². The summed E-state index contributed by atoms with van der Waals surface area (Å²) >= 11 is 0. The van der Waals surface area contributed by atoms with Crippen LogP contribution in [-0.4, -0.2) is 42.3 Å². The van der Waals surface area contributed by atoms with Crippen LogP contribution in [0.1, 0.15) is 64.5 Å². The van der Waals surface area contributed by atoms with Crippen molar-refractivity contribution in [1.82, 2.24) is 10.6 Å². The number of hydrogen-bond donors (Lipinski definition) is 3. The van der Waals surface area contributed by atoms with E-state index < -0.39 is 23.5 Å². The number of amides is 2. The number of hydrogen-bond acceptors (Lipinski definition) is 4. The first-order valence-corrected chi connectivity index (χ1v) is 12.0. The Hall–Kier alpha value is -3.35. The highest BCUT2D eigenvalue weighted by molar-refractivity contribution is 5.83. The van der Waals surface area contributed by atoms with Crippen molar-refractivity contribution < 1.29 is 24.2 Å². The molecule has 35 heavy (non-hydrogen) atoms. The van der Waals surface area contributed by atoms with Gasteiger partial charge in [-0.15, -0.1) is 0 Å². The standard InChI is InChI=1S/C28H36N2O5/c1-27(2,3)15-18(14-24(31)32)30-25(33)28(4,5)17-29-26(34)35-16-23-21-12-8-6-10-19(21)20-11-7-9-13-22(20)23/h6-13,18,23H,14-17H2,1-5H3,(H,29,34)(H,30,33)(H,31,32). The fourth-order valence-corrected chi connectivity index (χ4v) is 4.53. The van der Waals surface area contributed by atoms with Crippen molar-refractivity contribution in [3.8, 4) is 11.1 Å². The van der Waals surface area contributed by atoms with Crippen LogP contribution in [-0.2, 0) is 14.3 Å². The van der Waals surface area contributed by atoms with E-state index in [4.69, 9.17) is 4.74 Å². The minimum atomic E-state index is -0.964. The summed E-state index contributed by atoms with van der Waals surface area (Å²) in [5.74, 6) is -1.32. The molecular formula is C28H36N2O5.